The number of anilines is 2. The Balaban J connectivity index is 1.18. The molecule has 5 rings (SSSR count). The number of aliphatic hydroxyl groups is 1. The van der Waals surface area contributed by atoms with Crippen LogP contribution in [0.5, 0.6) is 0 Å². The Bertz CT molecular complexity index is 1010. The third kappa shape index (κ3) is 4.69. The topological polar surface area (TPSA) is 88.2 Å². The number of hydrogen-bond donors (Lipinski definition) is 5. The molecular formula is C24H32N6O. The van der Waals surface area contributed by atoms with Crippen molar-refractivity contribution in [3.05, 3.63) is 53.6 Å². The summed E-state index contributed by atoms with van der Waals surface area (Å²) in [7, 11) is 0. The summed E-state index contributed by atoms with van der Waals surface area (Å²) in [5, 5.41) is 29.8. The number of rotatable bonds is 7. The summed E-state index contributed by atoms with van der Waals surface area (Å²) in [6.45, 7) is 5.15. The van der Waals surface area contributed by atoms with E-state index in [4.69, 9.17) is 0 Å². The number of para-hydroxylation sites is 1. The molecule has 3 aromatic rings. The van der Waals surface area contributed by atoms with E-state index in [1.54, 1.807) is 0 Å². The number of H-pyrrole nitrogens is 1. The number of aromatic amines is 1. The minimum Gasteiger partial charge on any atom is -0.390 e. The molecule has 0 aliphatic carbocycles. The van der Waals surface area contributed by atoms with E-state index in [2.05, 4.69) is 73.5 Å². The van der Waals surface area contributed by atoms with Gasteiger partial charge < -0.3 is 21.1 Å². The van der Waals surface area contributed by atoms with Crippen molar-refractivity contribution in [1.82, 2.24) is 20.4 Å². The van der Waals surface area contributed by atoms with E-state index in [1.807, 2.05) is 0 Å². The van der Waals surface area contributed by atoms with Gasteiger partial charge in [-0.15, -0.1) is 0 Å². The smallest absolute Gasteiger partial charge is 0.155 e. The lowest BCUT2D eigenvalue weighted by atomic mass is 10.00. The molecule has 7 heteroatoms. The number of nitrogens with one attached hydrogen (secondary N) is 4. The fourth-order valence-electron chi connectivity index (χ4n) is 4.77. The van der Waals surface area contributed by atoms with Crippen LogP contribution in [0.4, 0.5) is 11.5 Å². The van der Waals surface area contributed by atoms with E-state index in [-0.39, 0.29) is 0 Å². The van der Waals surface area contributed by atoms with Gasteiger partial charge in [0.25, 0.3) is 0 Å². The van der Waals surface area contributed by atoms with Crippen LogP contribution in [0.15, 0.2) is 42.5 Å². The number of nitrogens with zero attached hydrogens (tertiary/aromatic N) is 2. The molecule has 0 radical (unpaired) electrons. The number of piperidine rings is 1. The fourth-order valence-corrected chi connectivity index (χ4v) is 4.77. The number of β-amino-alcohol motifs (C(OH)–C–C–N with tert-alkyl or cyclic N) is 1. The first kappa shape index (κ1) is 20.3. The number of fused-ring (bicyclic) bond motifs is 2. The van der Waals surface area contributed by atoms with Crippen LogP contribution in [0.2, 0.25) is 0 Å². The molecule has 0 bridgehead atoms. The van der Waals surface area contributed by atoms with Crippen LogP contribution in [0, 0.1) is 0 Å². The molecule has 2 aliphatic heterocycles. The SMILES string of the molecule is OC(CNc1n[nH]c2c(NC3CCNCC3)cccc12)CN1CCc2ccccc2C1. The van der Waals surface area contributed by atoms with E-state index in [1.165, 1.54) is 11.1 Å². The highest BCUT2D eigenvalue weighted by atomic mass is 16.3. The van der Waals surface area contributed by atoms with Crippen LogP contribution in [0.3, 0.4) is 0 Å². The molecular weight excluding hydrogens is 388 g/mol. The molecule has 1 saturated heterocycles. The van der Waals surface area contributed by atoms with Gasteiger partial charge in [-0.05, 0) is 55.6 Å². The number of aromatic nitrogens is 2. The van der Waals surface area contributed by atoms with Crippen LogP contribution in [-0.4, -0.2) is 65.1 Å². The summed E-state index contributed by atoms with van der Waals surface area (Å²) in [6, 6.07) is 15.3. The Kier molecular flexibility index (Phi) is 6.06. The quantitative estimate of drug-likeness (QED) is 0.404. The average Bonchev–Trinajstić information content (AvgIpc) is 3.22. The van der Waals surface area contributed by atoms with Crippen molar-refractivity contribution in [2.45, 2.75) is 38.0 Å². The van der Waals surface area contributed by atoms with Gasteiger partial charge in [0.2, 0.25) is 0 Å². The van der Waals surface area contributed by atoms with Gasteiger partial charge in [0.05, 0.1) is 17.3 Å². The van der Waals surface area contributed by atoms with Crippen LogP contribution in [-0.2, 0) is 13.0 Å². The highest BCUT2D eigenvalue weighted by Crippen LogP contribution is 2.28. The third-order valence-corrected chi connectivity index (χ3v) is 6.48. The monoisotopic (exact) mass is 420 g/mol. The van der Waals surface area contributed by atoms with Gasteiger partial charge in [-0.3, -0.25) is 10.00 Å². The van der Waals surface area contributed by atoms with Crippen molar-refractivity contribution in [2.75, 3.05) is 43.4 Å². The summed E-state index contributed by atoms with van der Waals surface area (Å²) in [6.07, 6.45) is 2.85. The second-order valence-corrected chi connectivity index (χ2v) is 8.76. The number of hydrogen-bond acceptors (Lipinski definition) is 6. The predicted molar refractivity (Wildman–Crippen MR) is 126 cm³/mol. The minimum absolute atomic E-state index is 0.451. The van der Waals surface area contributed by atoms with Gasteiger partial charge in [-0.25, -0.2) is 0 Å². The van der Waals surface area contributed by atoms with E-state index >= 15 is 0 Å². The van der Waals surface area contributed by atoms with Gasteiger partial charge in [0.1, 0.15) is 0 Å². The van der Waals surface area contributed by atoms with E-state index in [0.29, 0.717) is 19.1 Å². The number of aliphatic hydroxyl groups excluding tert-OH is 1. The molecule has 0 spiro atoms. The Morgan fingerprint density at radius 2 is 1.94 bits per heavy atom. The minimum atomic E-state index is -0.451. The molecule has 164 valence electrons. The molecule has 2 aromatic carbocycles. The molecule has 1 unspecified atom stereocenters. The van der Waals surface area contributed by atoms with Gasteiger partial charge in [0, 0.05) is 37.6 Å². The normalized spacial score (nSPS) is 18.6. The maximum atomic E-state index is 10.6. The summed E-state index contributed by atoms with van der Waals surface area (Å²) < 4.78 is 0. The molecule has 0 saturated carbocycles. The van der Waals surface area contributed by atoms with Gasteiger partial charge in [-0.2, -0.15) is 5.10 Å². The van der Waals surface area contributed by atoms with E-state index in [0.717, 1.165) is 67.8 Å². The molecule has 2 aliphatic rings. The maximum absolute atomic E-state index is 10.6. The summed E-state index contributed by atoms with van der Waals surface area (Å²) in [5.74, 6) is 0.798. The predicted octanol–water partition coefficient (Wildman–Crippen LogP) is 2.56. The maximum Gasteiger partial charge on any atom is 0.155 e. The highest BCUT2D eigenvalue weighted by molar-refractivity contribution is 5.97. The lowest BCUT2D eigenvalue weighted by molar-refractivity contribution is 0.114. The van der Waals surface area contributed by atoms with E-state index < -0.39 is 6.10 Å². The van der Waals surface area contributed by atoms with Crippen LogP contribution >= 0.6 is 0 Å². The number of benzene rings is 2. The van der Waals surface area contributed by atoms with Crippen molar-refractivity contribution < 1.29 is 5.11 Å². The Morgan fingerprint density at radius 1 is 1.10 bits per heavy atom. The average molecular weight is 421 g/mol. The molecule has 3 heterocycles. The first-order chi connectivity index (χ1) is 15.3. The molecule has 5 N–H and O–H groups in total. The van der Waals surface area contributed by atoms with Gasteiger partial charge >= 0.3 is 0 Å². The zero-order valence-corrected chi connectivity index (χ0v) is 17.9. The summed E-state index contributed by atoms with van der Waals surface area (Å²) >= 11 is 0. The van der Waals surface area contributed by atoms with Crippen molar-refractivity contribution in [2.24, 2.45) is 0 Å². The first-order valence-corrected chi connectivity index (χ1v) is 11.4. The largest absolute Gasteiger partial charge is 0.390 e. The summed E-state index contributed by atoms with van der Waals surface area (Å²) in [5.41, 5.74) is 4.92. The van der Waals surface area contributed by atoms with Crippen molar-refractivity contribution >= 4 is 22.4 Å². The van der Waals surface area contributed by atoms with Gasteiger partial charge in [-0.1, -0.05) is 30.3 Å². The molecule has 31 heavy (non-hydrogen) atoms. The fraction of sp³-hybridized carbons (Fsp3) is 0.458. The third-order valence-electron chi connectivity index (χ3n) is 6.48. The molecule has 1 fully saturated rings. The molecule has 1 aromatic heterocycles. The second-order valence-electron chi connectivity index (χ2n) is 8.76. The Hall–Kier alpha value is -2.61. The van der Waals surface area contributed by atoms with Crippen molar-refractivity contribution in [3.63, 3.8) is 0 Å². The van der Waals surface area contributed by atoms with Crippen molar-refractivity contribution in [1.29, 1.82) is 0 Å². The van der Waals surface area contributed by atoms with Crippen LogP contribution < -0.4 is 16.0 Å². The van der Waals surface area contributed by atoms with E-state index in [9.17, 15) is 5.11 Å². The highest BCUT2D eigenvalue weighted by Gasteiger charge is 2.19. The Morgan fingerprint density at radius 3 is 2.81 bits per heavy atom. The lowest BCUT2D eigenvalue weighted by Gasteiger charge is -2.30. The second kappa shape index (κ2) is 9.26. The Labute approximate surface area is 183 Å². The van der Waals surface area contributed by atoms with Crippen LogP contribution in [0.1, 0.15) is 24.0 Å². The molecule has 7 nitrogen and oxygen atoms in total. The zero-order valence-electron chi connectivity index (χ0n) is 17.9. The van der Waals surface area contributed by atoms with Gasteiger partial charge in [0.15, 0.2) is 5.82 Å². The zero-order chi connectivity index (χ0) is 21.0. The molecule has 1 atom stereocenters. The first-order valence-electron chi connectivity index (χ1n) is 11.4. The molecule has 0 amide bonds. The van der Waals surface area contributed by atoms with Crippen molar-refractivity contribution in [3.8, 4) is 0 Å². The van der Waals surface area contributed by atoms with Crippen LogP contribution in [0.25, 0.3) is 10.9 Å². The standard InChI is InChI=1S/C24H32N6O/c31-20(16-30-13-10-17-4-1-2-5-18(17)15-30)14-26-24-21-6-3-7-22(23(21)28-29-24)27-19-8-11-25-12-9-19/h1-7,19-20,25,27,31H,8-16H2,(H2,26,28,29). The lowest BCUT2D eigenvalue weighted by Crippen LogP contribution is -2.39. The summed E-state index contributed by atoms with van der Waals surface area (Å²) in [4.78, 5) is 2.33.